The monoisotopic (exact) mass is 402 g/mol. The molecule has 6 nitrogen and oxygen atoms in total. The molecule has 1 aliphatic heterocycles. The van der Waals surface area contributed by atoms with Gasteiger partial charge in [-0.05, 0) is 30.5 Å². The van der Waals surface area contributed by atoms with E-state index < -0.39 is 0 Å². The summed E-state index contributed by atoms with van der Waals surface area (Å²) in [5.41, 5.74) is 3.02. The molecule has 1 amide bonds. The quantitative estimate of drug-likeness (QED) is 0.738. The zero-order valence-electron chi connectivity index (χ0n) is 16.7. The average Bonchev–Trinajstić information content (AvgIpc) is 2.72. The number of aromatic nitrogens is 2. The third-order valence-corrected chi connectivity index (χ3v) is 5.29. The van der Waals surface area contributed by atoms with Gasteiger partial charge >= 0.3 is 0 Å². The maximum Gasteiger partial charge on any atom is 0.225 e. The second kappa shape index (κ2) is 9.34. The van der Waals surface area contributed by atoms with Crippen LogP contribution in [0, 0.1) is 0 Å². The highest BCUT2D eigenvalue weighted by Crippen LogP contribution is 2.34. The van der Waals surface area contributed by atoms with Gasteiger partial charge < -0.3 is 14.5 Å². The van der Waals surface area contributed by atoms with Crippen LogP contribution >= 0.6 is 11.6 Å². The van der Waals surface area contributed by atoms with E-state index in [4.69, 9.17) is 21.3 Å². The Bertz CT molecular complexity index is 811. The van der Waals surface area contributed by atoms with Crippen molar-refractivity contribution in [2.75, 3.05) is 45.8 Å². The van der Waals surface area contributed by atoms with Gasteiger partial charge in [0, 0.05) is 57.0 Å². The molecule has 1 fully saturated rings. The van der Waals surface area contributed by atoms with Crippen molar-refractivity contribution in [1.82, 2.24) is 14.9 Å². The highest BCUT2D eigenvalue weighted by molar-refractivity contribution is 6.30. The summed E-state index contributed by atoms with van der Waals surface area (Å²) in [6.45, 7) is 1.92. The Hall–Kier alpha value is -2.18. The molecule has 7 heteroatoms. The van der Waals surface area contributed by atoms with E-state index in [-0.39, 0.29) is 11.8 Å². The van der Waals surface area contributed by atoms with E-state index in [1.165, 1.54) is 0 Å². The van der Waals surface area contributed by atoms with Crippen molar-refractivity contribution in [2.45, 2.75) is 25.2 Å². The van der Waals surface area contributed by atoms with Crippen LogP contribution in [-0.2, 0) is 9.53 Å². The second-order valence-electron chi connectivity index (χ2n) is 7.29. The molecule has 28 heavy (non-hydrogen) atoms. The fourth-order valence-corrected chi connectivity index (χ4v) is 3.66. The molecule has 0 saturated carbocycles. The zero-order chi connectivity index (χ0) is 20.1. The van der Waals surface area contributed by atoms with Gasteiger partial charge in [-0.15, -0.1) is 0 Å². The molecule has 3 rings (SSSR count). The van der Waals surface area contributed by atoms with Crippen molar-refractivity contribution in [1.29, 1.82) is 0 Å². The molecule has 0 aliphatic carbocycles. The summed E-state index contributed by atoms with van der Waals surface area (Å²) in [4.78, 5) is 25.7. The van der Waals surface area contributed by atoms with E-state index in [1.54, 1.807) is 7.11 Å². The molecule has 0 radical (unpaired) electrons. The fourth-order valence-electron chi connectivity index (χ4n) is 3.54. The summed E-state index contributed by atoms with van der Waals surface area (Å²) in [6.07, 6.45) is 4.26. The number of likely N-dealkylation sites (tertiary alicyclic amines) is 1. The Kier molecular flexibility index (Phi) is 6.86. The van der Waals surface area contributed by atoms with Crippen LogP contribution in [0.3, 0.4) is 0 Å². The van der Waals surface area contributed by atoms with Crippen LogP contribution in [0.1, 0.15) is 30.9 Å². The molecule has 150 valence electrons. The third-order valence-electron chi connectivity index (χ3n) is 5.04. The number of halogens is 1. The normalized spacial score (nSPS) is 16.9. The number of rotatable bonds is 6. The van der Waals surface area contributed by atoms with Gasteiger partial charge in [-0.1, -0.05) is 23.7 Å². The summed E-state index contributed by atoms with van der Waals surface area (Å²) in [7, 11) is 5.49. The Morgan fingerprint density at radius 2 is 2.07 bits per heavy atom. The highest BCUT2D eigenvalue weighted by Gasteiger charge is 2.28. The molecular formula is C21H27ClN4O2. The van der Waals surface area contributed by atoms with Crippen molar-refractivity contribution in [3.63, 3.8) is 0 Å². The lowest BCUT2D eigenvalue weighted by Gasteiger charge is -2.33. The van der Waals surface area contributed by atoms with Gasteiger partial charge in [-0.3, -0.25) is 4.79 Å². The standard InChI is InChI=1S/C21H27ClN4O2/c1-25(2)21-23-13-18(15-6-8-17(22)9-7-15)20(24-21)16-5-4-11-26(14-16)19(27)10-12-28-3/h6-9,13,16H,4-5,10-12,14H2,1-3H3. The van der Waals surface area contributed by atoms with Crippen molar-refractivity contribution in [3.8, 4) is 11.1 Å². The molecule has 1 unspecified atom stereocenters. The Balaban J connectivity index is 1.92. The maximum atomic E-state index is 12.5. The molecule has 1 saturated heterocycles. The molecule has 0 bridgehead atoms. The number of carbonyl (C=O) groups is 1. The first-order valence-corrected chi connectivity index (χ1v) is 9.94. The lowest BCUT2D eigenvalue weighted by atomic mass is 9.90. The van der Waals surface area contributed by atoms with E-state index in [9.17, 15) is 4.79 Å². The minimum Gasteiger partial charge on any atom is -0.384 e. The lowest BCUT2D eigenvalue weighted by Crippen LogP contribution is -2.39. The summed E-state index contributed by atoms with van der Waals surface area (Å²) >= 11 is 6.06. The van der Waals surface area contributed by atoms with Gasteiger partial charge in [0.1, 0.15) is 0 Å². The summed E-state index contributed by atoms with van der Waals surface area (Å²) in [5, 5.41) is 0.698. The third kappa shape index (κ3) is 4.80. The highest BCUT2D eigenvalue weighted by atomic mass is 35.5. The number of methoxy groups -OCH3 is 1. The van der Waals surface area contributed by atoms with Crippen molar-refractivity contribution >= 4 is 23.5 Å². The van der Waals surface area contributed by atoms with Crippen molar-refractivity contribution in [3.05, 3.63) is 41.2 Å². The molecule has 0 spiro atoms. The molecule has 1 atom stereocenters. The maximum absolute atomic E-state index is 12.5. The second-order valence-corrected chi connectivity index (χ2v) is 7.73. The molecule has 2 heterocycles. The van der Waals surface area contributed by atoms with Gasteiger partial charge in [0.15, 0.2) is 0 Å². The van der Waals surface area contributed by atoms with Crippen LogP contribution < -0.4 is 4.90 Å². The fraction of sp³-hybridized carbons (Fsp3) is 0.476. The lowest BCUT2D eigenvalue weighted by molar-refractivity contribution is -0.133. The number of carbonyl (C=O) groups excluding carboxylic acids is 1. The van der Waals surface area contributed by atoms with Gasteiger partial charge in [0.25, 0.3) is 0 Å². The largest absolute Gasteiger partial charge is 0.384 e. The van der Waals surface area contributed by atoms with Gasteiger partial charge in [-0.25, -0.2) is 9.97 Å². The summed E-state index contributed by atoms with van der Waals surface area (Å²) < 4.78 is 5.06. The van der Waals surface area contributed by atoms with Gasteiger partial charge in [0.2, 0.25) is 11.9 Å². The van der Waals surface area contributed by atoms with Gasteiger partial charge in [-0.2, -0.15) is 0 Å². The number of hydrogen-bond acceptors (Lipinski definition) is 5. The molecule has 1 aromatic heterocycles. The van der Waals surface area contributed by atoms with Crippen LogP contribution in [0.4, 0.5) is 5.95 Å². The molecule has 1 aliphatic rings. The molecular weight excluding hydrogens is 376 g/mol. The number of nitrogens with zero attached hydrogens (tertiary/aromatic N) is 4. The zero-order valence-corrected chi connectivity index (χ0v) is 17.4. The first-order chi connectivity index (χ1) is 13.5. The predicted octanol–water partition coefficient (Wildman–Crippen LogP) is 3.61. The first kappa shape index (κ1) is 20.6. The number of amides is 1. The van der Waals surface area contributed by atoms with Crippen LogP contribution in [0.2, 0.25) is 5.02 Å². The Morgan fingerprint density at radius 1 is 1.32 bits per heavy atom. The summed E-state index contributed by atoms with van der Waals surface area (Å²) in [5.74, 6) is 0.990. The van der Waals surface area contributed by atoms with Crippen LogP contribution in [0.5, 0.6) is 0 Å². The smallest absolute Gasteiger partial charge is 0.225 e. The minimum atomic E-state index is 0.140. The van der Waals surface area contributed by atoms with E-state index in [1.807, 2.05) is 54.4 Å². The molecule has 1 aromatic carbocycles. The molecule has 0 N–H and O–H groups in total. The number of anilines is 1. The van der Waals surface area contributed by atoms with E-state index in [0.717, 1.165) is 36.2 Å². The van der Waals surface area contributed by atoms with Gasteiger partial charge in [0.05, 0.1) is 18.7 Å². The molecule has 2 aromatic rings. The summed E-state index contributed by atoms with van der Waals surface area (Å²) in [6, 6.07) is 7.73. The van der Waals surface area contributed by atoms with E-state index in [0.29, 0.717) is 30.5 Å². The number of benzene rings is 1. The number of piperidine rings is 1. The predicted molar refractivity (Wildman–Crippen MR) is 112 cm³/mol. The van der Waals surface area contributed by atoms with Crippen LogP contribution in [0.15, 0.2) is 30.5 Å². The van der Waals surface area contributed by atoms with E-state index >= 15 is 0 Å². The minimum absolute atomic E-state index is 0.140. The first-order valence-electron chi connectivity index (χ1n) is 9.56. The Morgan fingerprint density at radius 3 is 2.75 bits per heavy atom. The number of hydrogen-bond donors (Lipinski definition) is 0. The van der Waals surface area contributed by atoms with Crippen LogP contribution in [0.25, 0.3) is 11.1 Å². The van der Waals surface area contributed by atoms with Crippen molar-refractivity contribution < 1.29 is 9.53 Å². The van der Waals surface area contributed by atoms with E-state index in [2.05, 4.69) is 4.98 Å². The number of ether oxygens (including phenoxy) is 1. The Labute approximate surface area is 171 Å². The van der Waals surface area contributed by atoms with Crippen LogP contribution in [-0.4, -0.2) is 61.7 Å². The SMILES string of the molecule is COCCC(=O)N1CCCC(c2nc(N(C)C)ncc2-c2ccc(Cl)cc2)C1. The average molecular weight is 403 g/mol. The topological polar surface area (TPSA) is 58.6 Å². The van der Waals surface area contributed by atoms with Crippen molar-refractivity contribution in [2.24, 2.45) is 0 Å².